The Morgan fingerprint density at radius 2 is 1.78 bits per heavy atom. The van der Waals surface area contributed by atoms with Gasteiger partial charge in [-0.3, -0.25) is 4.99 Å². The Balaban J connectivity index is 0.00000363. The van der Waals surface area contributed by atoms with E-state index in [1.165, 1.54) is 24.7 Å². The van der Waals surface area contributed by atoms with Crippen LogP contribution in [0.15, 0.2) is 58.4 Å². The van der Waals surface area contributed by atoms with Gasteiger partial charge < -0.3 is 15.4 Å². The number of methoxy groups -OCH3 is 1. The van der Waals surface area contributed by atoms with Gasteiger partial charge in [-0.15, -0.1) is 24.0 Å². The summed E-state index contributed by atoms with van der Waals surface area (Å²) in [5.41, 5.74) is 2.49. The minimum absolute atomic E-state index is 0. The Morgan fingerprint density at radius 1 is 1.09 bits per heavy atom. The van der Waals surface area contributed by atoms with Crippen molar-refractivity contribution in [2.24, 2.45) is 4.99 Å². The maximum absolute atomic E-state index is 11.6. The topological polar surface area (TPSA) is 79.8 Å². The number of hydrogen-bond donors (Lipinski definition) is 2. The number of sulfone groups is 1. The molecular weight excluding hydrogens is 537 g/mol. The van der Waals surface area contributed by atoms with Crippen LogP contribution in [0, 0.1) is 0 Å². The molecule has 0 unspecified atom stereocenters. The summed E-state index contributed by atoms with van der Waals surface area (Å²) >= 11 is 0. The number of nitrogens with one attached hydrogen (secondary N) is 2. The fraction of sp³-hybridized carbons (Fsp3) is 0.458. The second-order valence-electron chi connectivity index (χ2n) is 8.24. The quantitative estimate of drug-likeness (QED) is 0.285. The first-order valence-electron chi connectivity index (χ1n) is 10.7. The molecule has 0 spiro atoms. The summed E-state index contributed by atoms with van der Waals surface area (Å²) in [6.07, 6.45) is 6.77. The van der Waals surface area contributed by atoms with Gasteiger partial charge in [0, 0.05) is 31.8 Å². The molecule has 1 aliphatic rings. The molecule has 0 saturated heterocycles. The van der Waals surface area contributed by atoms with Crippen molar-refractivity contribution in [2.45, 2.75) is 42.4 Å². The maximum Gasteiger partial charge on any atom is 0.191 e. The van der Waals surface area contributed by atoms with E-state index >= 15 is 0 Å². The second-order valence-corrected chi connectivity index (χ2v) is 10.3. The highest BCUT2D eigenvalue weighted by molar-refractivity contribution is 14.0. The van der Waals surface area contributed by atoms with E-state index in [4.69, 9.17) is 4.74 Å². The molecule has 0 aliphatic heterocycles. The Hall–Kier alpha value is -1.81. The van der Waals surface area contributed by atoms with Crippen LogP contribution in [0.5, 0.6) is 5.75 Å². The maximum atomic E-state index is 11.6. The summed E-state index contributed by atoms with van der Waals surface area (Å²) < 4.78 is 28.6. The van der Waals surface area contributed by atoms with Gasteiger partial charge in [-0.2, -0.15) is 0 Å². The van der Waals surface area contributed by atoms with Gasteiger partial charge in [0.1, 0.15) is 5.75 Å². The van der Waals surface area contributed by atoms with E-state index in [-0.39, 0.29) is 29.4 Å². The molecule has 2 N–H and O–H groups in total. The largest absolute Gasteiger partial charge is 0.497 e. The fourth-order valence-electron chi connectivity index (χ4n) is 4.27. The molecule has 2 aromatic carbocycles. The molecule has 6 nitrogen and oxygen atoms in total. The van der Waals surface area contributed by atoms with Crippen LogP contribution in [0.3, 0.4) is 0 Å². The molecule has 1 fully saturated rings. The summed E-state index contributed by atoms with van der Waals surface area (Å²) in [4.78, 5) is 4.72. The summed E-state index contributed by atoms with van der Waals surface area (Å²) in [5.74, 6) is 1.68. The van der Waals surface area contributed by atoms with Gasteiger partial charge in [0.2, 0.25) is 0 Å². The lowest BCUT2D eigenvalue weighted by atomic mass is 9.78. The first-order chi connectivity index (χ1) is 14.9. The van der Waals surface area contributed by atoms with Crippen LogP contribution in [-0.2, 0) is 21.7 Å². The SMILES string of the molecule is CN=C(NCCc1ccc(S(C)(=O)=O)cc1)NCC1(c2cccc(OC)c2)CCCC1.I. The Bertz CT molecular complexity index is 1000. The van der Waals surface area contributed by atoms with Gasteiger partial charge in [-0.25, -0.2) is 8.42 Å². The molecule has 1 saturated carbocycles. The van der Waals surface area contributed by atoms with Crippen LogP contribution in [0.1, 0.15) is 36.8 Å². The number of ether oxygens (including phenoxy) is 1. The molecule has 32 heavy (non-hydrogen) atoms. The van der Waals surface area contributed by atoms with E-state index in [0.717, 1.165) is 43.1 Å². The third-order valence-electron chi connectivity index (χ3n) is 6.12. The van der Waals surface area contributed by atoms with E-state index < -0.39 is 9.84 Å². The first-order valence-corrected chi connectivity index (χ1v) is 12.6. The monoisotopic (exact) mass is 571 g/mol. The van der Waals surface area contributed by atoms with Crippen LogP contribution in [-0.4, -0.2) is 47.9 Å². The van der Waals surface area contributed by atoms with Crippen molar-refractivity contribution in [1.82, 2.24) is 10.6 Å². The van der Waals surface area contributed by atoms with Crippen molar-refractivity contribution in [2.75, 3.05) is 33.5 Å². The molecular formula is C24H34IN3O3S. The number of halogens is 1. The fourth-order valence-corrected chi connectivity index (χ4v) is 4.90. The molecule has 0 atom stereocenters. The molecule has 1 aliphatic carbocycles. The third-order valence-corrected chi connectivity index (χ3v) is 7.25. The van der Waals surface area contributed by atoms with Crippen molar-refractivity contribution in [3.63, 3.8) is 0 Å². The van der Waals surface area contributed by atoms with Gasteiger partial charge in [0.05, 0.1) is 12.0 Å². The van der Waals surface area contributed by atoms with E-state index in [1.54, 1.807) is 26.3 Å². The first kappa shape index (κ1) is 26.4. The van der Waals surface area contributed by atoms with Crippen molar-refractivity contribution in [3.05, 3.63) is 59.7 Å². The molecule has 0 bridgehead atoms. The molecule has 2 aromatic rings. The lowest BCUT2D eigenvalue weighted by Gasteiger charge is -2.31. The average Bonchev–Trinajstić information content (AvgIpc) is 3.26. The molecule has 176 valence electrons. The number of guanidine groups is 1. The Kier molecular flexibility index (Phi) is 9.82. The highest BCUT2D eigenvalue weighted by atomic mass is 127. The average molecular weight is 572 g/mol. The molecule has 8 heteroatoms. The predicted octanol–water partition coefficient (Wildman–Crippen LogP) is 3.94. The zero-order valence-electron chi connectivity index (χ0n) is 19.1. The van der Waals surface area contributed by atoms with Crippen LogP contribution in [0.25, 0.3) is 0 Å². The number of rotatable bonds is 8. The smallest absolute Gasteiger partial charge is 0.191 e. The summed E-state index contributed by atoms with van der Waals surface area (Å²) in [6, 6.07) is 15.5. The minimum Gasteiger partial charge on any atom is -0.497 e. The normalized spacial score (nSPS) is 15.7. The molecule has 0 heterocycles. The number of benzene rings is 2. The zero-order valence-corrected chi connectivity index (χ0v) is 22.2. The molecule has 3 rings (SSSR count). The minimum atomic E-state index is -3.16. The third kappa shape index (κ3) is 6.84. The Labute approximate surface area is 209 Å². The molecule has 0 amide bonds. The van der Waals surface area contributed by atoms with E-state index in [1.807, 2.05) is 18.2 Å². The van der Waals surface area contributed by atoms with Crippen LogP contribution < -0.4 is 15.4 Å². The van der Waals surface area contributed by atoms with Gasteiger partial charge >= 0.3 is 0 Å². The van der Waals surface area contributed by atoms with Crippen molar-refractivity contribution >= 4 is 39.8 Å². The van der Waals surface area contributed by atoms with E-state index in [2.05, 4.69) is 33.8 Å². The summed E-state index contributed by atoms with van der Waals surface area (Å²) in [5, 5.41) is 6.90. The standard InChI is InChI=1S/C24H33N3O3S.HI/c1-25-23(26-16-13-19-9-11-22(12-10-19)31(3,28)29)27-18-24(14-4-5-15-24)20-7-6-8-21(17-20)30-2;/h6-12,17H,4-5,13-16,18H2,1-3H3,(H2,25,26,27);1H. The van der Waals surface area contributed by atoms with Gasteiger partial charge in [-0.05, 0) is 54.7 Å². The van der Waals surface area contributed by atoms with Crippen LogP contribution in [0.4, 0.5) is 0 Å². The highest BCUT2D eigenvalue weighted by Gasteiger charge is 2.36. The highest BCUT2D eigenvalue weighted by Crippen LogP contribution is 2.41. The van der Waals surface area contributed by atoms with Crippen molar-refractivity contribution < 1.29 is 13.2 Å². The molecule has 0 radical (unpaired) electrons. The van der Waals surface area contributed by atoms with E-state index in [9.17, 15) is 8.42 Å². The van der Waals surface area contributed by atoms with Crippen LogP contribution in [0.2, 0.25) is 0 Å². The predicted molar refractivity (Wildman–Crippen MR) is 141 cm³/mol. The van der Waals surface area contributed by atoms with E-state index in [0.29, 0.717) is 11.4 Å². The number of aliphatic imine (C=N–C) groups is 1. The second kappa shape index (κ2) is 11.9. The van der Waals surface area contributed by atoms with Crippen molar-refractivity contribution in [3.8, 4) is 5.75 Å². The van der Waals surface area contributed by atoms with Gasteiger partial charge in [-0.1, -0.05) is 37.1 Å². The van der Waals surface area contributed by atoms with Gasteiger partial charge in [0.25, 0.3) is 0 Å². The summed E-state index contributed by atoms with van der Waals surface area (Å²) in [6.45, 7) is 1.53. The zero-order chi connectivity index (χ0) is 22.3. The molecule has 0 aromatic heterocycles. The Morgan fingerprint density at radius 3 is 2.38 bits per heavy atom. The summed E-state index contributed by atoms with van der Waals surface area (Å²) in [7, 11) is 0.329. The lowest BCUT2D eigenvalue weighted by Crippen LogP contribution is -2.45. The number of hydrogen-bond acceptors (Lipinski definition) is 4. The lowest BCUT2D eigenvalue weighted by molar-refractivity contribution is 0.404. The number of nitrogens with zero attached hydrogens (tertiary/aromatic N) is 1. The van der Waals surface area contributed by atoms with Crippen molar-refractivity contribution in [1.29, 1.82) is 0 Å². The van der Waals surface area contributed by atoms with Crippen LogP contribution >= 0.6 is 24.0 Å². The van der Waals surface area contributed by atoms with Gasteiger partial charge in [0.15, 0.2) is 15.8 Å².